The molecule has 1 aliphatic carbocycles. The van der Waals surface area contributed by atoms with Gasteiger partial charge in [0.15, 0.2) is 11.7 Å². The predicted octanol–water partition coefficient (Wildman–Crippen LogP) is 4.59. The van der Waals surface area contributed by atoms with Gasteiger partial charge >= 0.3 is 0 Å². The Hall–Kier alpha value is -2.24. The van der Waals surface area contributed by atoms with E-state index in [0.717, 1.165) is 25.4 Å². The van der Waals surface area contributed by atoms with Crippen LogP contribution in [-0.2, 0) is 11.2 Å². The maximum atomic E-state index is 13.8. The summed E-state index contributed by atoms with van der Waals surface area (Å²) in [6, 6.07) is 3.66. The van der Waals surface area contributed by atoms with Gasteiger partial charge in [-0.25, -0.2) is 13.8 Å². The number of benzene rings is 1. The van der Waals surface area contributed by atoms with Gasteiger partial charge in [0.25, 0.3) is 0 Å². The van der Waals surface area contributed by atoms with Gasteiger partial charge in [-0.2, -0.15) is 0 Å². The second kappa shape index (κ2) is 7.79. The molecule has 2 atom stereocenters. The van der Waals surface area contributed by atoms with Crippen LogP contribution in [0.4, 0.5) is 8.78 Å². The van der Waals surface area contributed by atoms with E-state index in [9.17, 15) is 13.6 Å². The van der Waals surface area contributed by atoms with Gasteiger partial charge in [0.1, 0.15) is 11.6 Å². The fourth-order valence-electron chi connectivity index (χ4n) is 4.47. The van der Waals surface area contributed by atoms with E-state index in [1.807, 2.05) is 4.90 Å². The standard InChI is InChI=1S/C21H24F2N2O2/c22-16-6-3-7-17(23)21(16)18-12-24-19(27-18)8-9-20(26)25-11-10-14-4-1-2-5-15(14)13-25/h3,6-7,12,14-15H,1-2,4-5,8-11,13H2. The largest absolute Gasteiger partial charge is 0.441 e. The Labute approximate surface area is 157 Å². The number of nitrogens with zero attached hydrogens (tertiary/aromatic N) is 2. The van der Waals surface area contributed by atoms with Crippen LogP contribution in [0.2, 0.25) is 0 Å². The van der Waals surface area contributed by atoms with Gasteiger partial charge in [0, 0.05) is 25.9 Å². The molecule has 2 fully saturated rings. The van der Waals surface area contributed by atoms with Gasteiger partial charge in [0.2, 0.25) is 5.91 Å². The van der Waals surface area contributed by atoms with Crippen LogP contribution in [0.15, 0.2) is 28.8 Å². The van der Waals surface area contributed by atoms with Gasteiger partial charge in [-0.1, -0.05) is 25.3 Å². The molecule has 1 amide bonds. The molecular formula is C21H24F2N2O2. The topological polar surface area (TPSA) is 46.3 Å². The summed E-state index contributed by atoms with van der Waals surface area (Å²) in [5, 5.41) is 0. The van der Waals surface area contributed by atoms with Crippen LogP contribution in [0.5, 0.6) is 0 Å². The van der Waals surface area contributed by atoms with Gasteiger partial charge in [-0.05, 0) is 36.8 Å². The molecule has 6 heteroatoms. The Bertz CT molecular complexity index is 800. The Balaban J connectivity index is 1.35. The van der Waals surface area contributed by atoms with Gasteiger partial charge < -0.3 is 9.32 Å². The summed E-state index contributed by atoms with van der Waals surface area (Å²) in [6.45, 7) is 1.69. The minimum absolute atomic E-state index is 0.0519. The summed E-state index contributed by atoms with van der Waals surface area (Å²) in [6.07, 6.45) is 8.18. The van der Waals surface area contributed by atoms with Crippen molar-refractivity contribution < 1.29 is 18.0 Å². The van der Waals surface area contributed by atoms with Crippen LogP contribution in [0, 0.1) is 23.5 Å². The average molecular weight is 374 g/mol. The Kier molecular flexibility index (Phi) is 5.23. The fraction of sp³-hybridized carbons (Fsp3) is 0.524. The number of fused-ring (bicyclic) bond motifs is 1. The van der Waals surface area contributed by atoms with Crippen LogP contribution >= 0.6 is 0 Å². The summed E-state index contributed by atoms with van der Waals surface area (Å²) in [7, 11) is 0. The highest BCUT2D eigenvalue weighted by atomic mass is 19.1. The lowest BCUT2D eigenvalue weighted by atomic mass is 9.75. The molecule has 2 heterocycles. The molecule has 0 radical (unpaired) electrons. The lowest BCUT2D eigenvalue weighted by molar-refractivity contribution is -0.134. The molecule has 1 aromatic carbocycles. The van der Waals surface area contributed by atoms with Gasteiger partial charge in [-0.3, -0.25) is 4.79 Å². The van der Waals surface area contributed by atoms with Crippen LogP contribution in [0.1, 0.15) is 44.4 Å². The van der Waals surface area contributed by atoms with E-state index in [4.69, 9.17) is 4.42 Å². The highest BCUT2D eigenvalue weighted by Crippen LogP contribution is 2.36. The van der Waals surface area contributed by atoms with E-state index in [2.05, 4.69) is 4.98 Å². The zero-order chi connectivity index (χ0) is 18.8. The SMILES string of the molecule is O=C(CCc1ncc(-c2c(F)cccc2F)o1)N1CCC2CCCCC2C1. The number of carbonyl (C=O) groups excluding carboxylic acids is 1. The highest BCUT2D eigenvalue weighted by molar-refractivity contribution is 5.76. The van der Waals surface area contributed by atoms with Crippen LogP contribution in [-0.4, -0.2) is 28.9 Å². The summed E-state index contributed by atoms with van der Waals surface area (Å²) in [5.74, 6) is 0.537. The third-order valence-corrected chi connectivity index (χ3v) is 5.96. The molecule has 0 spiro atoms. The van der Waals surface area contributed by atoms with E-state index in [1.54, 1.807) is 0 Å². The summed E-state index contributed by atoms with van der Waals surface area (Å²) in [5.41, 5.74) is -0.220. The van der Waals surface area contributed by atoms with E-state index in [1.165, 1.54) is 50.1 Å². The number of amides is 1. The Morgan fingerprint density at radius 2 is 1.89 bits per heavy atom. The molecule has 1 saturated carbocycles. The maximum Gasteiger partial charge on any atom is 0.223 e. The quantitative estimate of drug-likeness (QED) is 0.786. The first-order valence-corrected chi connectivity index (χ1v) is 9.78. The number of aromatic nitrogens is 1. The molecule has 1 aromatic heterocycles. The van der Waals surface area contributed by atoms with Crippen LogP contribution in [0.3, 0.4) is 0 Å². The molecule has 144 valence electrons. The minimum atomic E-state index is -0.691. The smallest absolute Gasteiger partial charge is 0.223 e. The van der Waals surface area contributed by atoms with Crippen molar-refractivity contribution in [2.45, 2.75) is 44.9 Å². The molecular weight excluding hydrogens is 350 g/mol. The molecule has 4 rings (SSSR count). The highest BCUT2D eigenvalue weighted by Gasteiger charge is 2.32. The van der Waals surface area contributed by atoms with E-state index in [0.29, 0.717) is 24.7 Å². The normalized spacial score (nSPS) is 22.5. The minimum Gasteiger partial charge on any atom is -0.441 e. The van der Waals surface area contributed by atoms with E-state index < -0.39 is 11.6 Å². The van der Waals surface area contributed by atoms with Crippen LogP contribution in [0.25, 0.3) is 11.3 Å². The Morgan fingerprint density at radius 1 is 1.15 bits per heavy atom. The van der Waals surface area contributed by atoms with Crippen molar-refractivity contribution in [2.75, 3.05) is 13.1 Å². The number of likely N-dealkylation sites (tertiary alicyclic amines) is 1. The number of carbonyl (C=O) groups is 1. The summed E-state index contributed by atoms with van der Waals surface area (Å²) in [4.78, 5) is 18.6. The lowest BCUT2D eigenvalue weighted by Gasteiger charge is -2.41. The molecule has 27 heavy (non-hydrogen) atoms. The van der Waals surface area contributed by atoms with Crippen molar-refractivity contribution >= 4 is 5.91 Å². The zero-order valence-corrected chi connectivity index (χ0v) is 15.3. The van der Waals surface area contributed by atoms with Crippen molar-refractivity contribution in [1.82, 2.24) is 9.88 Å². The number of hydrogen-bond donors (Lipinski definition) is 0. The molecule has 2 unspecified atom stereocenters. The van der Waals surface area contributed by atoms with E-state index >= 15 is 0 Å². The first kappa shape index (κ1) is 18.1. The number of piperidine rings is 1. The maximum absolute atomic E-state index is 13.8. The zero-order valence-electron chi connectivity index (χ0n) is 15.3. The fourth-order valence-corrected chi connectivity index (χ4v) is 4.47. The van der Waals surface area contributed by atoms with Crippen molar-refractivity contribution in [1.29, 1.82) is 0 Å². The number of rotatable bonds is 4. The van der Waals surface area contributed by atoms with Crippen molar-refractivity contribution in [2.24, 2.45) is 11.8 Å². The molecule has 1 aliphatic heterocycles. The van der Waals surface area contributed by atoms with Gasteiger partial charge in [-0.15, -0.1) is 0 Å². The second-order valence-electron chi connectivity index (χ2n) is 7.65. The number of halogens is 2. The first-order valence-electron chi connectivity index (χ1n) is 9.78. The van der Waals surface area contributed by atoms with Crippen LogP contribution < -0.4 is 0 Å². The number of aryl methyl sites for hydroxylation is 1. The van der Waals surface area contributed by atoms with Crippen molar-refractivity contribution in [3.05, 3.63) is 41.9 Å². The number of oxazole rings is 1. The second-order valence-corrected chi connectivity index (χ2v) is 7.65. The monoisotopic (exact) mass is 374 g/mol. The molecule has 0 N–H and O–H groups in total. The van der Waals surface area contributed by atoms with Crippen molar-refractivity contribution in [3.63, 3.8) is 0 Å². The predicted molar refractivity (Wildman–Crippen MR) is 96.8 cm³/mol. The average Bonchev–Trinajstić information content (AvgIpc) is 3.14. The molecule has 4 nitrogen and oxygen atoms in total. The lowest BCUT2D eigenvalue weighted by Crippen LogP contribution is -2.44. The third kappa shape index (κ3) is 3.89. The molecule has 2 aliphatic rings. The molecule has 0 bridgehead atoms. The number of hydrogen-bond acceptors (Lipinski definition) is 3. The molecule has 2 aromatic rings. The van der Waals surface area contributed by atoms with Gasteiger partial charge in [0.05, 0.1) is 11.8 Å². The van der Waals surface area contributed by atoms with Crippen molar-refractivity contribution in [3.8, 4) is 11.3 Å². The third-order valence-electron chi connectivity index (χ3n) is 5.96. The first-order chi connectivity index (χ1) is 13.1. The van der Waals surface area contributed by atoms with E-state index in [-0.39, 0.29) is 17.2 Å². The Morgan fingerprint density at radius 3 is 2.67 bits per heavy atom. The summed E-state index contributed by atoms with van der Waals surface area (Å²) >= 11 is 0. The molecule has 1 saturated heterocycles. The summed E-state index contributed by atoms with van der Waals surface area (Å²) < 4.78 is 33.2.